The number of amidine groups is 1. The molecular formula is C12H10IN3O4S. The summed E-state index contributed by atoms with van der Waals surface area (Å²) in [6.45, 7) is 0.309. The minimum absolute atomic E-state index is 0.0504. The van der Waals surface area contributed by atoms with Gasteiger partial charge in [0.05, 0.1) is 5.69 Å². The summed E-state index contributed by atoms with van der Waals surface area (Å²) in [6.07, 6.45) is 0.237. The van der Waals surface area contributed by atoms with E-state index in [1.165, 1.54) is 6.07 Å². The average Bonchev–Trinajstić information content (AvgIpc) is 2.39. The molecule has 3 rings (SSSR count). The molecule has 0 radical (unpaired) electrons. The lowest BCUT2D eigenvalue weighted by molar-refractivity contribution is -0.117. The zero-order chi connectivity index (χ0) is 15.2. The van der Waals surface area contributed by atoms with E-state index in [0.29, 0.717) is 12.2 Å². The number of amides is 1. The van der Waals surface area contributed by atoms with Gasteiger partial charge in [-0.15, -0.1) is 4.40 Å². The number of fused-ring (bicyclic) bond motifs is 1. The second-order valence-electron chi connectivity index (χ2n) is 4.51. The smallest absolute Gasteiger partial charge is 0.286 e. The molecule has 0 saturated carbocycles. The predicted octanol–water partition coefficient (Wildman–Crippen LogP) is 1.14. The molecule has 9 heteroatoms. The van der Waals surface area contributed by atoms with Crippen molar-refractivity contribution in [2.24, 2.45) is 4.40 Å². The van der Waals surface area contributed by atoms with Crippen LogP contribution in [0.2, 0.25) is 0 Å². The van der Waals surface area contributed by atoms with Crippen LogP contribution in [0.25, 0.3) is 0 Å². The Hall–Kier alpha value is -1.62. The molecule has 1 amide bonds. The van der Waals surface area contributed by atoms with Crippen molar-refractivity contribution >= 4 is 50.0 Å². The molecule has 1 aromatic carbocycles. The van der Waals surface area contributed by atoms with Gasteiger partial charge in [0, 0.05) is 16.5 Å². The van der Waals surface area contributed by atoms with Gasteiger partial charge in [-0.2, -0.15) is 8.42 Å². The first-order valence-corrected chi connectivity index (χ1v) is 8.52. The zero-order valence-electron chi connectivity index (χ0n) is 10.6. The molecule has 0 aromatic heterocycles. The van der Waals surface area contributed by atoms with Crippen LogP contribution in [-0.4, -0.2) is 31.8 Å². The normalized spacial score (nSPS) is 20.2. The number of nitrogens with one attached hydrogen (secondary N) is 2. The van der Waals surface area contributed by atoms with Crippen molar-refractivity contribution < 1.29 is 18.3 Å². The lowest BCUT2D eigenvalue weighted by atomic mass is 10.1. The minimum Gasteiger partial charge on any atom is -0.511 e. The number of carbonyl (C=O) groups is 1. The van der Waals surface area contributed by atoms with Crippen molar-refractivity contribution in [2.75, 3.05) is 11.9 Å². The van der Waals surface area contributed by atoms with Gasteiger partial charge in [-0.1, -0.05) is 0 Å². The molecular weight excluding hydrogens is 409 g/mol. The molecule has 2 aliphatic rings. The summed E-state index contributed by atoms with van der Waals surface area (Å²) in [5, 5.41) is 15.2. The van der Waals surface area contributed by atoms with Gasteiger partial charge in [0.2, 0.25) is 0 Å². The molecule has 21 heavy (non-hydrogen) atoms. The van der Waals surface area contributed by atoms with Crippen LogP contribution < -0.4 is 10.6 Å². The summed E-state index contributed by atoms with van der Waals surface area (Å²) >= 11 is 2.00. The van der Waals surface area contributed by atoms with Crippen LogP contribution >= 0.6 is 22.6 Å². The highest BCUT2D eigenvalue weighted by Crippen LogP contribution is 2.30. The van der Waals surface area contributed by atoms with Crippen molar-refractivity contribution in [3.05, 3.63) is 33.1 Å². The quantitative estimate of drug-likeness (QED) is 0.592. The first-order chi connectivity index (χ1) is 9.88. The molecule has 1 aromatic rings. The number of rotatable bonds is 1. The Bertz CT molecular complexity index is 814. The molecule has 7 nitrogen and oxygen atoms in total. The van der Waals surface area contributed by atoms with Crippen molar-refractivity contribution in [3.8, 4) is 0 Å². The largest absolute Gasteiger partial charge is 0.511 e. The van der Waals surface area contributed by atoms with E-state index in [1.54, 1.807) is 12.1 Å². The van der Waals surface area contributed by atoms with E-state index < -0.39 is 15.9 Å². The van der Waals surface area contributed by atoms with Gasteiger partial charge >= 0.3 is 0 Å². The van der Waals surface area contributed by atoms with Gasteiger partial charge in [-0.05, 0) is 40.8 Å². The van der Waals surface area contributed by atoms with Crippen molar-refractivity contribution in [1.29, 1.82) is 0 Å². The molecule has 0 saturated heterocycles. The Morgan fingerprint density at radius 3 is 2.81 bits per heavy atom. The maximum Gasteiger partial charge on any atom is 0.286 e. The van der Waals surface area contributed by atoms with Crippen LogP contribution in [0, 0.1) is 3.57 Å². The van der Waals surface area contributed by atoms with Gasteiger partial charge in [0.25, 0.3) is 15.9 Å². The lowest BCUT2D eigenvalue weighted by Gasteiger charge is -2.22. The third kappa shape index (κ3) is 2.50. The predicted molar refractivity (Wildman–Crippen MR) is 84.7 cm³/mol. The van der Waals surface area contributed by atoms with Crippen LogP contribution in [0.1, 0.15) is 6.42 Å². The number of benzene rings is 1. The van der Waals surface area contributed by atoms with E-state index in [0.717, 1.165) is 3.57 Å². The summed E-state index contributed by atoms with van der Waals surface area (Å²) in [5.74, 6) is -0.873. The average molecular weight is 419 g/mol. The zero-order valence-corrected chi connectivity index (χ0v) is 13.5. The highest BCUT2D eigenvalue weighted by atomic mass is 127. The minimum atomic E-state index is -3.91. The SMILES string of the molecule is O=C1NCCC(O)=C1C1=NS(=O)(=O)c2cc(I)ccc2N1. The number of nitrogens with zero attached hydrogens (tertiary/aromatic N) is 1. The monoisotopic (exact) mass is 419 g/mol. The Labute approximate surface area is 134 Å². The molecule has 2 heterocycles. The fourth-order valence-electron chi connectivity index (χ4n) is 2.12. The first-order valence-electron chi connectivity index (χ1n) is 6.01. The van der Waals surface area contributed by atoms with Gasteiger partial charge in [-0.3, -0.25) is 4.79 Å². The molecule has 0 aliphatic carbocycles. The number of halogens is 1. The number of aliphatic hydroxyl groups is 1. The number of hydrogen-bond acceptors (Lipinski definition) is 5. The highest BCUT2D eigenvalue weighted by Gasteiger charge is 2.32. The van der Waals surface area contributed by atoms with Crippen molar-refractivity contribution in [1.82, 2.24) is 5.32 Å². The Kier molecular flexibility index (Phi) is 3.40. The van der Waals surface area contributed by atoms with E-state index in [4.69, 9.17) is 0 Å². The third-order valence-electron chi connectivity index (χ3n) is 3.09. The molecule has 0 unspecified atom stereocenters. The van der Waals surface area contributed by atoms with E-state index in [1.807, 2.05) is 22.6 Å². The van der Waals surface area contributed by atoms with Gasteiger partial charge in [-0.25, -0.2) is 0 Å². The van der Waals surface area contributed by atoms with Gasteiger partial charge in [0.15, 0.2) is 5.84 Å². The molecule has 3 N–H and O–H groups in total. The maximum absolute atomic E-state index is 12.2. The Morgan fingerprint density at radius 1 is 1.33 bits per heavy atom. The van der Waals surface area contributed by atoms with Crippen LogP contribution in [0.15, 0.2) is 38.8 Å². The third-order valence-corrected chi connectivity index (χ3v) is 5.07. The van der Waals surface area contributed by atoms with Crippen LogP contribution in [0.5, 0.6) is 0 Å². The number of anilines is 1. The second-order valence-corrected chi connectivity index (χ2v) is 7.33. The molecule has 0 fully saturated rings. The molecule has 0 bridgehead atoms. The second kappa shape index (κ2) is 4.98. The van der Waals surface area contributed by atoms with E-state index in [2.05, 4.69) is 15.0 Å². The fraction of sp³-hybridized carbons (Fsp3) is 0.167. The standard InChI is InChI=1S/C12H10IN3O4S/c13-6-1-2-7-9(5-6)21(19,20)16-11(15-7)10-8(17)3-4-14-12(10)18/h1-2,5,17H,3-4H2,(H,14,18)(H,15,16). The summed E-state index contributed by atoms with van der Waals surface area (Å²) in [7, 11) is -3.91. The number of carbonyl (C=O) groups excluding carboxylic acids is 1. The summed E-state index contributed by atoms with van der Waals surface area (Å²) in [6, 6.07) is 4.83. The molecule has 0 spiro atoms. The Balaban J connectivity index is 2.15. The van der Waals surface area contributed by atoms with Crippen LogP contribution in [0.4, 0.5) is 5.69 Å². The van der Waals surface area contributed by atoms with Crippen LogP contribution in [0.3, 0.4) is 0 Å². The molecule has 2 aliphatic heterocycles. The van der Waals surface area contributed by atoms with Gasteiger partial charge < -0.3 is 15.7 Å². The topological polar surface area (TPSA) is 108 Å². The van der Waals surface area contributed by atoms with Crippen LogP contribution in [-0.2, 0) is 14.8 Å². The van der Waals surface area contributed by atoms with E-state index in [-0.39, 0.29) is 28.5 Å². The summed E-state index contributed by atoms with van der Waals surface area (Å²) < 4.78 is 28.8. The van der Waals surface area contributed by atoms with Crippen molar-refractivity contribution in [2.45, 2.75) is 11.3 Å². The first kappa shape index (κ1) is 14.3. The lowest BCUT2D eigenvalue weighted by Crippen LogP contribution is -2.38. The van der Waals surface area contributed by atoms with E-state index in [9.17, 15) is 18.3 Å². The van der Waals surface area contributed by atoms with Crippen molar-refractivity contribution in [3.63, 3.8) is 0 Å². The fourth-order valence-corrected chi connectivity index (χ4v) is 3.97. The molecule has 110 valence electrons. The number of hydrogen-bond donors (Lipinski definition) is 3. The van der Waals surface area contributed by atoms with Gasteiger partial charge in [0.1, 0.15) is 16.2 Å². The molecule has 0 atom stereocenters. The number of sulfonamides is 1. The highest BCUT2D eigenvalue weighted by molar-refractivity contribution is 14.1. The summed E-state index contributed by atoms with van der Waals surface area (Å²) in [4.78, 5) is 11.9. The summed E-state index contributed by atoms with van der Waals surface area (Å²) in [5.41, 5.74) is 0.202. The number of aliphatic hydroxyl groups excluding tert-OH is 1. The Morgan fingerprint density at radius 2 is 2.10 bits per heavy atom. The maximum atomic E-state index is 12.2. The van der Waals surface area contributed by atoms with E-state index >= 15 is 0 Å².